The number of nitrogens with one attached hydrogen (secondary N) is 1. The Labute approximate surface area is 120 Å². The van der Waals surface area contributed by atoms with E-state index in [0.717, 1.165) is 0 Å². The summed E-state index contributed by atoms with van der Waals surface area (Å²) in [7, 11) is -3.45. The van der Waals surface area contributed by atoms with Crippen molar-refractivity contribution in [2.24, 2.45) is 0 Å². The normalized spacial score (nSPS) is 25.1. The number of rotatable bonds is 2. The van der Waals surface area contributed by atoms with Crippen molar-refractivity contribution >= 4 is 22.4 Å². The van der Waals surface area contributed by atoms with Crippen molar-refractivity contribution in [2.45, 2.75) is 44.7 Å². The number of furan rings is 1. The zero-order valence-corrected chi connectivity index (χ0v) is 13.3. The Morgan fingerprint density at radius 3 is 2.53 bits per heavy atom. The van der Waals surface area contributed by atoms with Gasteiger partial charge in [-0.05, 0) is 33.8 Å². The molecule has 1 aliphatic heterocycles. The van der Waals surface area contributed by atoms with Gasteiger partial charge < -0.3 is 9.73 Å². The number of sulfonamides is 1. The van der Waals surface area contributed by atoms with Gasteiger partial charge in [0.25, 0.3) is 0 Å². The van der Waals surface area contributed by atoms with Gasteiger partial charge in [0.1, 0.15) is 16.4 Å². The van der Waals surface area contributed by atoms with Crippen molar-refractivity contribution < 1.29 is 12.8 Å². The zero-order chi connectivity index (χ0) is 13.5. The van der Waals surface area contributed by atoms with E-state index < -0.39 is 10.0 Å². The molecule has 0 aliphatic carbocycles. The van der Waals surface area contributed by atoms with Crippen LogP contribution in [0.3, 0.4) is 0 Å². The summed E-state index contributed by atoms with van der Waals surface area (Å²) in [6, 6.07) is 1.70. The van der Waals surface area contributed by atoms with Crippen LogP contribution < -0.4 is 5.32 Å². The Bertz CT molecular complexity index is 541. The lowest BCUT2D eigenvalue weighted by molar-refractivity contribution is 0.232. The number of hydrogen-bond acceptors (Lipinski definition) is 4. The first-order chi connectivity index (χ1) is 8.34. The van der Waals surface area contributed by atoms with Crippen molar-refractivity contribution in [1.82, 2.24) is 9.62 Å². The molecule has 0 saturated carbocycles. The molecule has 5 nitrogen and oxygen atoms in total. The van der Waals surface area contributed by atoms with Gasteiger partial charge in [0.2, 0.25) is 10.0 Å². The maximum Gasteiger partial charge on any atom is 0.246 e. The third kappa shape index (κ3) is 2.97. The Morgan fingerprint density at radius 1 is 1.37 bits per heavy atom. The predicted octanol–water partition coefficient (Wildman–Crippen LogP) is 1.69. The van der Waals surface area contributed by atoms with Gasteiger partial charge in [-0.2, -0.15) is 4.31 Å². The second-order valence-corrected chi connectivity index (χ2v) is 6.74. The monoisotopic (exact) mass is 308 g/mol. The molecule has 0 aromatic carbocycles. The number of aryl methyl sites for hydroxylation is 2. The van der Waals surface area contributed by atoms with Crippen LogP contribution in [-0.2, 0) is 10.0 Å². The average Bonchev–Trinajstić information content (AvgIpc) is 2.62. The van der Waals surface area contributed by atoms with Gasteiger partial charge in [0, 0.05) is 25.2 Å². The van der Waals surface area contributed by atoms with Gasteiger partial charge in [-0.1, -0.05) is 0 Å². The van der Waals surface area contributed by atoms with Crippen molar-refractivity contribution in [3.63, 3.8) is 0 Å². The van der Waals surface area contributed by atoms with E-state index in [2.05, 4.69) is 5.32 Å². The molecule has 2 atom stereocenters. The maximum absolute atomic E-state index is 12.6. The molecule has 1 fully saturated rings. The first-order valence-corrected chi connectivity index (χ1v) is 7.60. The minimum atomic E-state index is -3.45. The van der Waals surface area contributed by atoms with E-state index in [0.29, 0.717) is 29.5 Å². The van der Waals surface area contributed by atoms with Crippen LogP contribution in [-0.4, -0.2) is 37.9 Å². The first-order valence-electron chi connectivity index (χ1n) is 6.16. The summed E-state index contributed by atoms with van der Waals surface area (Å²) >= 11 is 0. The summed E-state index contributed by atoms with van der Waals surface area (Å²) in [5, 5.41) is 3.28. The summed E-state index contributed by atoms with van der Waals surface area (Å²) in [4.78, 5) is 0.293. The molecule has 1 aromatic heterocycles. The van der Waals surface area contributed by atoms with Crippen LogP contribution in [0.15, 0.2) is 15.4 Å². The summed E-state index contributed by atoms with van der Waals surface area (Å²) < 4.78 is 32.1. The summed E-state index contributed by atoms with van der Waals surface area (Å²) in [6.45, 7) is 8.56. The Hall–Kier alpha value is -0.560. The quantitative estimate of drug-likeness (QED) is 0.903. The summed E-state index contributed by atoms with van der Waals surface area (Å²) in [5.41, 5.74) is 0. The van der Waals surface area contributed by atoms with Crippen LogP contribution in [0.5, 0.6) is 0 Å². The number of nitrogens with zero attached hydrogens (tertiary/aromatic N) is 1. The van der Waals surface area contributed by atoms with Crippen molar-refractivity contribution in [3.8, 4) is 0 Å². The molecule has 1 aliphatic rings. The third-order valence-electron chi connectivity index (χ3n) is 3.56. The lowest BCUT2D eigenvalue weighted by atomic mass is 10.1. The van der Waals surface area contributed by atoms with Crippen LogP contribution >= 0.6 is 12.4 Å². The van der Waals surface area contributed by atoms with Gasteiger partial charge in [-0.25, -0.2) is 8.42 Å². The average molecular weight is 309 g/mol. The fourth-order valence-electron chi connectivity index (χ4n) is 2.35. The fourth-order valence-corrected chi connectivity index (χ4v) is 4.28. The third-order valence-corrected chi connectivity index (χ3v) is 5.65. The number of piperazine rings is 1. The highest BCUT2D eigenvalue weighted by atomic mass is 35.5. The molecule has 7 heteroatoms. The topological polar surface area (TPSA) is 62.6 Å². The molecule has 2 unspecified atom stereocenters. The first kappa shape index (κ1) is 16.5. The van der Waals surface area contributed by atoms with Gasteiger partial charge in [0.05, 0.1) is 0 Å². The molecule has 19 heavy (non-hydrogen) atoms. The van der Waals surface area contributed by atoms with Gasteiger partial charge in [-0.3, -0.25) is 0 Å². The summed E-state index contributed by atoms with van der Waals surface area (Å²) in [5.74, 6) is 1.09. The smallest absolute Gasteiger partial charge is 0.246 e. The molecular weight excluding hydrogens is 288 g/mol. The van der Waals surface area contributed by atoms with Crippen LogP contribution in [0.4, 0.5) is 0 Å². The lowest BCUT2D eigenvalue weighted by Gasteiger charge is -2.37. The Kier molecular flexibility index (Phi) is 5.06. The van der Waals surface area contributed by atoms with Crippen molar-refractivity contribution in [3.05, 3.63) is 17.6 Å². The lowest BCUT2D eigenvalue weighted by Crippen LogP contribution is -2.57. The highest BCUT2D eigenvalue weighted by Gasteiger charge is 2.36. The van der Waals surface area contributed by atoms with E-state index in [4.69, 9.17) is 4.42 Å². The van der Waals surface area contributed by atoms with E-state index in [1.54, 1.807) is 24.2 Å². The molecule has 2 heterocycles. The SMILES string of the molecule is Cc1cc(S(=O)(=O)N2CCNC(C)C2C)c(C)o1.Cl. The Morgan fingerprint density at radius 2 is 2.00 bits per heavy atom. The predicted molar refractivity (Wildman–Crippen MR) is 76.2 cm³/mol. The van der Waals surface area contributed by atoms with Crippen LogP contribution in [0.2, 0.25) is 0 Å². The van der Waals surface area contributed by atoms with E-state index in [1.165, 1.54) is 0 Å². The van der Waals surface area contributed by atoms with Crippen molar-refractivity contribution in [2.75, 3.05) is 13.1 Å². The van der Waals surface area contributed by atoms with E-state index in [1.807, 2.05) is 13.8 Å². The highest BCUT2D eigenvalue weighted by molar-refractivity contribution is 7.89. The second kappa shape index (κ2) is 5.83. The second-order valence-electron chi connectivity index (χ2n) is 4.88. The van der Waals surface area contributed by atoms with Gasteiger partial charge in [-0.15, -0.1) is 12.4 Å². The molecule has 1 N–H and O–H groups in total. The van der Waals surface area contributed by atoms with Gasteiger partial charge >= 0.3 is 0 Å². The molecule has 1 aromatic rings. The molecule has 0 amide bonds. The minimum Gasteiger partial charge on any atom is -0.465 e. The molecule has 0 radical (unpaired) electrons. The number of hydrogen-bond donors (Lipinski definition) is 1. The largest absolute Gasteiger partial charge is 0.465 e. The maximum atomic E-state index is 12.6. The molecule has 1 saturated heterocycles. The number of halogens is 1. The van der Waals surface area contributed by atoms with Crippen LogP contribution in [0, 0.1) is 13.8 Å². The molecule has 0 bridgehead atoms. The zero-order valence-electron chi connectivity index (χ0n) is 11.6. The standard InChI is InChI=1S/C12H20N2O3S.ClH/c1-8-7-12(11(4)17-8)18(15,16)14-6-5-13-9(2)10(14)3;/h7,9-10,13H,5-6H2,1-4H3;1H. The molecule has 2 rings (SSSR count). The van der Waals surface area contributed by atoms with E-state index in [9.17, 15) is 8.42 Å². The molecular formula is C12H21ClN2O3S. The molecule has 110 valence electrons. The van der Waals surface area contributed by atoms with E-state index in [-0.39, 0.29) is 24.5 Å². The Balaban J connectivity index is 0.00000180. The minimum absolute atomic E-state index is 0. The van der Waals surface area contributed by atoms with Crippen LogP contribution in [0.1, 0.15) is 25.4 Å². The van der Waals surface area contributed by atoms with Crippen molar-refractivity contribution in [1.29, 1.82) is 0 Å². The highest BCUT2D eigenvalue weighted by Crippen LogP contribution is 2.26. The van der Waals surface area contributed by atoms with E-state index >= 15 is 0 Å². The molecule has 0 spiro atoms. The van der Waals surface area contributed by atoms with Crippen LogP contribution in [0.25, 0.3) is 0 Å². The fraction of sp³-hybridized carbons (Fsp3) is 0.667. The van der Waals surface area contributed by atoms with Gasteiger partial charge in [0.15, 0.2) is 0 Å². The summed E-state index contributed by atoms with van der Waals surface area (Å²) in [6.07, 6.45) is 0.